The van der Waals surface area contributed by atoms with Crippen molar-refractivity contribution in [2.75, 3.05) is 0 Å². The Hall–Kier alpha value is -2.45. The standard InChI is InChI=1S/C12H8N2O2/c13-14-8-12(15)16-11-6-5-9-3-1-2-4-10(9)7-11/h1-8H. The van der Waals surface area contributed by atoms with Crippen molar-refractivity contribution < 1.29 is 14.3 Å². The van der Waals surface area contributed by atoms with Gasteiger partial charge in [0.15, 0.2) is 0 Å². The van der Waals surface area contributed by atoms with Crippen LogP contribution in [0.4, 0.5) is 0 Å². The van der Waals surface area contributed by atoms with Crippen molar-refractivity contribution in [1.29, 1.82) is 0 Å². The lowest BCUT2D eigenvalue weighted by Crippen LogP contribution is -2.09. The first-order valence-corrected chi connectivity index (χ1v) is 4.67. The van der Waals surface area contributed by atoms with Crippen molar-refractivity contribution in [3.05, 3.63) is 48.0 Å². The van der Waals surface area contributed by atoms with E-state index in [0.717, 1.165) is 10.8 Å². The van der Waals surface area contributed by atoms with Gasteiger partial charge in [-0.1, -0.05) is 30.3 Å². The summed E-state index contributed by atoms with van der Waals surface area (Å²) in [6.07, 6.45) is 0.704. The van der Waals surface area contributed by atoms with E-state index in [9.17, 15) is 4.79 Å². The topological polar surface area (TPSA) is 62.7 Å². The fourth-order valence-electron chi connectivity index (χ4n) is 1.42. The lowest BCUT2D eigenvalue weighted by atomic mass is 10.1. The van der Waals surface area contributed by atoms with E-state index < -0.39 is 5.97 Å². The number of benzene rings is 2. The van der Waals surface area contributed by atoms with E-state index in [0.29, 0.717) is 12.0 Å². The van der Waals surface area contributed by atoms with Crippen LogP contribution in [0.3, 0.4) is 0 Å². The van der Waals surface area contributed by atoms with Crippen molar-refractivity contribution in [2.45, 2.75) is 0 Å². The summed E-state index contributed by atoms with van der Waals surface area (Å²) in [5, 5.41) is 2.05. The van der Waals surface area contributed by atoms with Crippen molar-refractivity contribution in [2.24, 2.45) is 0 Å². The number of carbonyl (C=O) groups is 1. The van der Waals surface area contributed by atoms with E-state index in [-0.39, 0.29) is 0 Å². The molecule has 0 N–H and O–H groups in total. The molecule has 0 spiro atoms. The SMILES string of the molecule is [N-]=[N+]=CC(=O)Oc1ccc2ccccc2c1. The summed E-state index contributed by atoms with van der Waals surface area (Å²) in [7, 11) is 0. The van der Waals surface area contributed by atoms with Gasteiger partial charge in [0.2, 0.25) is 0 Å². The van der Waals surface area contributed by atoms with Crippen LogP contribution in [0.5, 0.6) is 5.75 Å². The number of rotatable bonds is 2. The molecule has 0 saturated heterocycles. The van der Waals surface area contributed by atoms with Crippen LogP contribution in [0.2, 0.25) is 0 Å². The first-order chi connectivity index (χ1) is 7.79. The summed E-state index contributed by atoms with van der Waals surface area (Å²) in [5.41, 5.74) is 8.16. The third-order valence-electron chi connectivity index (χ3n) is 2.10. The Morgan fingerprint density at radius 3 is 2.69 bits per heavy atom. The number of hydrogen-bond donors (Lipinski definition) is 0. The molecule has 4 nitrogen and oxygen atoms in total. The molecule has 0 fully saturated rings. The molecule has 0 bridgehead atoms. The minimum Gasteiger partial charge on any atom is -0.418 e. The van der Waals surface area contributed by atoms with Gasteiger partial charge in [-0.25, -0.2) is 4.79 Å². The zero-order valence-electron chi connectivity index (χ0n) is 8.33. The molecule has 0 amide bonds. The summed E-state index contributed by atoms with van der Waals surface area (Å²) in [4.78, 5) is 13.6. The van der Waals surface area contributed by atoms with Crippen LogP contribution in [0, 0.1) is 0 Å². The summed E-state index contributed by atoms with van der Waals surface area (Å²) in [6, 6.07) is 13.0. The molecule has 78 valence electrons. The third kappa shape index (κ3) is 2.13. The predicted molar refractivity (Wildman–Crippen MR) is 59.3 cm³/mol. The first-order valence-electron chi connectivity index (χ1n) is 4.67. The molecule has 2 aromatic rings. The van der Waals surface area contributed by atoms with Gasteiger partial charge in [-0.3, -0.25) is 0 Å². The second-order valence-corrected chi connectivity index (χ2v) is 3.17. The molecule has 0 aromatic heterocycles. The number of ether oxygens (including phenoxy) is 1. The predicted octanol–water partition coefficient (Wildman–Crippen LogP) is 2.05. The van der Waals surface area contributed by atoms with Gasteiger partial charge in [-0.15, -0.1) is 0 Å². The maximum atomic E-state index is 11.0. The van der Waals surface area contributed by atoms with E-state index in [4.69, 9.17) is 10.3 Å². The molecule has 2 aromatic carbocycles. The Morgan fingerprint density at radius 2 is 1.94 bits per heavy atom. The summed E-state index contributed by atoms with van der Waals surface area (Å²) in [5.74, 6) is -0.290. The number of fused-ring (bicyclic) bond motifs is 1. The van der Waals surface area contributed by atoms with Gasteiger partial charge in [0.05, 0.1) is 0 Å². The number of esters is 1. The Bertz CT molecular complexity index is 586. The van der Waals surface area contributed by atoms with Gasteiger partial charge in [-0.05, 0) is 22.9 Å². The van der Waals surface area contributed by atoms with E-state index >= 15 is 0 Å². The van der Waals surface area contributed by atoms with E-state index in [2.05, 4.69) is 4.79 Å². The number of nitrogens with zero attached hydrogens (tertiary/aromatic N) is 2. The second-order valence-electron chi connectivity index (χ2n) is 3.17. The first kappa shape index (κ1) is 10.1. The molecule has 0 saturated carbocycles. The molecule has 0 heterocycles. The molecule has 0 radical (unpaired) electrons. The smallest absolute Gasteiger partial charge is 0.418 e. The van der Waals surface area contributed by atoms with Gasteiger partial charge in [0, 0.05) is 0 Å². The summed E-state index contributed by atoms with van der Waals surface area (Å²) in [6.45, 7) is 0. The van der Waals surface area contributed by atoms with Crippen LogP contribution < -0.4 is 4.74 Å². The number of hydrogen-bond acceptors (Lipinski definition) is 2. The zero-order valence-corrected chi connectivity index (χ0v) is 8.33. The highest BCUT2D eigenvalue weighted by Gasteiger charge is 2.05. The molecule has 0 unspecified atom stereocenters. The Labute approximate surface area is 91.7 Å². The monoisotopic (exact) mass is 212 g/mol. The van der Waals surface area contributed by atoms with Crippen molar-refractivity contribution in [3.63, 3.8) is 0 Å². The highest BCUT2D eigenvalue weighted by molar-refractivity contribution is 6.21. The van der Waals surface area contributed by atoms with Crippen LogP contribution in [0.25, 0.3) is 16.3 Å². The molecule has 2 rings (SSSR count). The van der Waals surface area contributed by atoms with Crippen LogP contribution in [0.1, 0.15) is 0 Å². The number of carbonyl (C=O) groups excluding carboxylic acids is 1. The molecule has 16 heavy (non-hydrogen) atoms. The summed E-state index contributed by atoms with van der Waals surface area (Å²) < 4.78 is 4.91. The van der Waals surface area contributed by atoms with Crippen LogP contribution in [0.15, 0.2) is 42.5 Å². The van der Waals surface area contributed by atoms with Crippen molar-refractivity contribution in [1.82, 2.24) is 0 Å². The summed E-state index contributed by atoms with van der Waals surface area (Å²) >= 11 is 0. The largest absolute Gasteiger partial charge is 0.419 e. The molecule has 0 aliphatic rings. The molecule has 0 aliphatic heterocycles. The zero-order chi connectivity index (χ0) is 11.4. The normalized spacial score (nSPS) is 9.50. The van der Waals surface area contributed by atoms with Gasteiger partial charge in [0.25, 0.3) is 0 Å². The highest BCUT2D eigenvalue weighted by Crippen LogP contribution is 2.20. The second kappa shape index (κ2) is 4.38. The van der Waals surface area contributed by atoms with Crippen LogP contribution >= 0.6 is 0 Å². The minimum atomic E-state index is -0.710. The molecule has 4 heteroatoms. The van der Waals surface area contributed by atoms with Crippen LogP contribution in [-0.4, -0.2) is 17.0 Å². The van der Waals surface area contributed by atoms with E-state index in [1.165, 1.54) is 0 Å². The molecular weight excluding hydrogens is 204 g/mol. The molecule has 0 atom stereocenters. The van der Waals surface area contributed by atoms with Crippen molar-refractivity contribution >= 4 is 23.0 Å². The van der Waals surface area contributed by atoms with E-state index in [1.54, 1.807) is 12.1 Å². The fourth-order valence-corrected chi connectivity index (χ4v) is 1.42. The third-order valence-corrected chi connectivity index (χ3v) is 2.10. The van der Waals surface area contributed by atoms with Crippen LogP contribution in [-0.2, 0) is 4.79 Å². The van der Waals surface area contributed by atoms with E-state index in [1.807, 2.05) is 30.3 Å². The average molecular weight is 212 g/mol. The quantitative estimate of drug-likeness (QED) is 0.251. The maximum Gasteiger partial charge on any atom is 0.419 e. The van der Waals surface area contributed by atoms with Crippen molar-refractivity contribution in [3.8, 4) is 5.75 Å². The highest BCUT2D eigenvalue weighted by atomic mass is 16.5. The minimum absolute atomic E-state index is 0.420. The van der Waals surface area contributed by atoms with Gasteiger partial charge in [0.1, 0.15) is 5.75 Å². The Balaban J connectivity index is 2.32. The molecule has 0 aliphatic carbocycles. The Kier molecular flexibility index (Phi) is 2.76. The molecular formula is C12H8N2O2. The van der Waals surface area contributed by atoms with Gasteiger partial charge < -0.3 is 10.3 Å². The fraction of sp³-hybridized carbons (Fsp3) is 0. The maximum absolute atomic E-state index is 11.0. The Morgan fingerprint density at radius 1 is 1.19 bits per heavy atom. The lowest BCUT2D eigenvalue weighted by Gasteiger charge is -2.01. The average Bonchev–Trinajstić information content (AvgIpc) is 2.29. The lowest BCUT2D eigenvalue weighted by molar-refractivity contribution is -0.130. The van der Waals surface area contributed by atoms with Gasteiger partial charge in [-0.2, -0.15) is 4.79 Å². The van der Waals surface area contributed by atoms with Gasteiger partial charge >= 0.3 is 12.2 Å².